The van der Waals surface area contributed by atoms with Gasteiger partial charge in [-0.25, -0.2) is 0 Å². The van der Waals surface area contributed by atoms with E-state index < -0.39 is 0 Å². The molecule has 0 aromatic heterocycles. The molecule has 2 aliphatic heterocycles. The highest BCUT2D eigenvalue weighted by Crippen LogP contribution is 2.31. The van der Waals surface area contributed by atoms with Crippen molar-refractivity contribution < 1.29 is 19.0 Å². The number of ether oxygens (including phenoxy) is 3. The number of rotatable bonds is 4. The van der Waals surface area contributed by atoms with Crippen LogP contribution in [0.2, 0.25) is 0 Å². The van der Waals surface area contributed by atoms with E-state index in [0.29, 0.717) is 31.7 Å². The number of benzene rings is 2. The van der Waals surface area contributed by atoms with Crippen molar-refractivity contribution in [1.82, 2.24) is 5.32 Å². The summed E-state index contributed by atoms with van der Waals surface area (Å²) >= 11 is 0. The molecule has 0 bridgehead atoms. The lowest BCUT2D eigenvalue weighted by Gasteiger charge is -2.26. The molecule has 1 N–H and O–H groups in total. The fraction of sp³-hybridized carbons (Fsp3) is 0.316. The molecular weight excluding hydrogens is 306 g/mol. The fourth-order valence-corrected chi connectivity index (χ4v) is 2.98. The van der Waals surface area contributed by atoms with Crippen LogP contribution < -0.4 is 19.5 Å². The van der Waals surface area contributed by atoms with E-state index in [2.05, 4.69) is 5.32 Å². The Bertz CT molecular complexity index is 759. The average molecular weight is 325 g/mol. The molecular formula is C19H19NO4. The van der Waals surface area contributed by atoms with Gasteiger partial charge in [0.2, 0.25) is 0 Å². The summed E-state index contributed by atoms with van der Waals surface area (Å²) in [7, 11) is 0. The zero-order valence-electron chi connectivity index (χ0n) is 13.3. The van der Waals surface area contributed by atoms with Crippen LogP contribution in [0.5, 0.6) is 17.2 Å². The minimum atomic E-state index is -0.0678. The third-order valence-corrected chi connectivity index (χ3v) is 4.27. The molecule has 5 heteroatoms. The van der Waals surface area contributed by atoms with Crippen LogP contribution in [0, 0.1) is 0 Å². The Kier molecular flexibility index (Phi) is 3.99. The van der Waals surface area contributed by atoms with Gasteiger partial charge in [-0.2, -0.15) is 0 Å². The lowest BCUT2D eigenvalue weighted by atomic mass is 10.1. The van der Waals surface area contributed by atoms with E-state index in [4.69, 9.17) is 14.2 Å². The van der Waals surface area contributed by atoms with Crippen molar-refractivity contribution in [3.8, 4) is 17.2 Å². The van der Waals surface area contributed by atoms with Gasteiger partial charge < -0.3 is 19.5 Å². The first-order valence-electron chi connectivity index (χ1n) is 8.22. The summed E-state index contributed by atoms with van der Waals surface area (Å²) in [5, 5.41) is 2.95. The van der Waals surface area contributed by atoms with Crippen LogP contribution in [0.3, 0.4) is 0 Å². The molecule has 0 fully saturated rings. The first-order valence-corrected chi connectivity index (χ1v) is 8.22. The predicted molar refractivity (Wildman–Crippen MR) is 88.9 cm³/mol. The molecule has 0 saturated heterocycles. The number of hydrogen-bond donors (Lipinski definition) is 1. The smallest absolute Gasteiger partial charge is 0.251 e. The van der Waals surface area contributed by atoms with Gasteiger partial charge in [0.15, 0.2) is 11.5 Å². The average Bonchev–Trinajstić information content (AvgIpc) is 3.09. The number of para-hydroxylation sites is 2. The third kappa shape index (κ3) is 3.02. The highest BCUT2D eigenvalue weighted by atomic mass is 16.6. The zero-order chi connectivity index (χ0) is 16.4. The molecule has 0 saturated carbocycles. The lowest BCUT2D eigenvalue weighted by Crippen LogP contribution is -2.34. The van der Waals surface area contributed by atoms with Crippen molar-refractivity contribution in [3.63, 3.8) is 0 Å². The second kappa shape index (κ2) is 6.43. The Morgan fingerprint density at radius 2 is 1.96 bits per heavy atom. The van der Waals surface area contributed by atoms with Gasteiger partial charge in [0.1, 0.15) is 18.5 Å². The van der Waals surface area contributed by atoms with Gasteiger partial charge >= 0.3 is 0 Å². The van der Waals surface area contributed by atoms with Gasteiger partial charge in [-0.05, 0) is 35.9 Å². The highest BCUT2D eigenvalue weighted by Gasteiger charge is 2.21. The van der Waals surface area contributed by atoms with Crippen LogP contribution in [0.25, 0.3) is 0 Å². The summed E-state index contributed by atoms with van der Waals surface area (Å²) in [6.45, 7) is 1.74. The molecule has 2 heterocycles. The van der Waals surface area contributed by atoms with Crippen LogP contribution >= 0.6 is 0 Å². The second-order valence-corrected chi connectivity index (χ2v) is 5.96. The van der Waals surface area contributed by atoms with Crippen molar-refractivity contribution in [2.24, 2.45) is 0 Å². The van der Waals surface area contributed by atoms with Crippen LogP contribution in [0.15, 0.2) is 42.5 Å². The molecule has 2 aliphatic rings. The molecule has 1 amide bonds. The molecule has 2 aromatic carbocycles. The molecule has 124 valence electrons. The Hall–Kier alpha value is -2.69. The molecule has 0 radical (unpaired) electrons. The van der Waals surface area contributed by atoms with Gasteiger partial charge in [-0.15, -0.1) is 0 Å². The Morgan fingerprint density at radius 3 is 2.88 bits per heavy atom. The number of fused-ring (bicyclic) bond motifs is 2. The van der Waals surface area contributed by atoms with Gasteiger partial charge in [0.25, 0.3) is 5.91 Å². The number of carbonyl (C=O) groups excluding carboxylic acids is 1. The van der Waals surface area contributed by atoms with Crippen LogP contribution in [-0.2, 0) is 6.42 Å². The normalized spacial score (nSPS) is 17.8. The number of carbonyl (C=O) groups is 1. The molecule has 0 spiro atoms. The maximum Gasteiger partial charge on any atom is 0.251 e. The summed E-state index contributed by atoms with van der Waals surface area (Å²) in [4.78, 5) is 12.3. The van der Waals surface area contributed by atoms with Gasteiger partial charge in [0.05, 0.1) is 6.61 Å². The van der Waals surface area contributed by atoms with Crippen molar-refractivity contribution >= 4 is 5.91 Å². The fourth-order valence-electron chi connectivity index (χ4n) is 2.98. The second-order valence-electron chi connectivity index (χ2n) is 5.96. The van der Waals surface area contributed by atoms with E-state index in [1.807, 2.05) is 36.4 Å². The minimum absolute atomic E-state index is 0.0476. The number of hydrogen-bond acceptors (Lipinski definition) is 4. The van der Waals surface area contributed by atoms with Crippen molar-refractivity contribution in [3.05, 3.63) is 53.6 Å². The molecule has 24 heavy (non-hydrogen) atoms. The van der Waals surface area contributed by atoms with Gasteiger partial charge in [0, 0.05) is 24.9 Å². The number of amides is 1. The van der Waals surface area contributed by atoms with E-state index in [9.17, 15) is 4.79 Å². The van der Waals surface area contributed by atoms with Crippen molar-refractivity contribution in [1.29, 1.82) is 0 Å². The van der Waals surface area contributed by atoms with E-state index >= 15 is 0 Å². The lowest BCUT2D eigenvalue weighted by molar-refractivity contribution is 0.0813. The molecule has 2 aromatic rings. The van der Waals surface area contributed by atoms with Crippen molar-refractivity contribution in [2.45, 2.75) is 18.9 Å². The Balaban J connectivity index is 1.29. The van der Waals surface area contributed by atoms with E-state index in [-0.39, 0.29) is 12.0 Å². The first-order chi connectivity index (χ1) is 11.8. The van der Waals surface area contributed by atoms with Crippen molar-refractivity contribution in [2.75, 3.05) is 19.8 Å². The maximum atomic E-state index is 12.3. The van der Waals surface area contributed by atoms with Crippen LogP contribution in [-0.4, -0.2) is 31.8 Å². The standard InChI is InChI=1S/C19H19NO4/c21-19(14-5-6-16-13(11-14)8-10-22-16)20-9-7-15-12-23-17-3-1-2-4-18(17)24-15/h1-6,11,15H,7-10,12H2,(H,20,21)/t15-/m1/s1. The summed E-state index contributed by atoms with van der Waals surface area (Å²) in [5.41, 5.74) is 1.77. The Morgan fingerprint density at radius 1 is 1.08 bits per heavy atom. The first kappa shape index (κ1) is 14.9. The zero-order valence-corrected chi connectivity index (χ0v) is 13.3. The summed E-state index contributed by atoms with van der Waals surface area (Å²) in [5.74, 6) is 2.36. The van der Waals surface area contributed by atoms with Crippen LogP contribution in [0.1, 0.15) is 22.3 Å². The summed E-state index contributed by atoms with van der Waals surface area (Å²) < 4.78 is 17.0. The number of nitrogens with one attached hydrogen (secondary N) is 1. The summed E-state index contributed by atoms with van der Waals surface area (Å²) in [6.07, 6.45) is 1.52. The molecule has 1 atom stereocenters. The quantitative estimate of drug-likeness (QED) is 0.939. The van der Waals surface area contributed by atoms with E-state index in [1.165, 1.54) is 0 Å². The minimum Gasteiger partial charge on any atom is -0.493 e. The van der Waals surface area contributed by atoms with E-state index in [0.717, 1.165) is 29.2 Å². The molecule has 0 aliphatic carbocycles. The predicted octanol–water partition coefficient (Wildman–Crippen LogP) is 2.58. The topological polar surface area (TPSA) is 56.8 Å². The Labute approximate surface area is 140 Å². The third-order valence-electron chi connectivity index (χ3n) is 4.27. The largest absolute Gasteiger partial charge is 0.493 e. The maximum absolute atomic E-state index is 12.3. The molecule has 0 unspecified atom stereocenters. The van der Waals surface area contributed by atoms with Gasteiger partial charge in [-0.1, -0.05) is 12.1 Å². The van der Waals surface area contributed by atoms with Gasteiger partial charge in [-0.3, -0.25) is 4.79 Å². The monoisotopic (exact) mass is 325 g/mol. The highest BCUT2D eigenvalue weighted by molar-refractivity contribution is 5.94. The van der Waals surface area contributed by atoms with E-state index in [1.54, 1.807) is 6.07 Å². The van der Waals surface area contributed by atoms with Crippen LogP contribution in [0.4, 0.5) is 0 Å². The molecule has 4 rings (SSSR count). The summed E-state index contributed by atoms with van der Waals surface area (Å²) in [6, 6.07) is 13.2. The molecule has 5 nitrogen and oxygen atoms in total. The SMILES string of the molecule is O=C(NCC[C@@H]1COc2ccccc2O1)c1ccc2c(c1)CCO2.